The van der Waals surface area contributed by atoms with Gasteiger partial charge < -0.3 is 9.64 Å². The first-order valence-corrected chi connectivity index (χ1v) is 9.04. The number of hydrogen-bond acceptors (Lipinski definition) is 6. The van der Waals surface area contributed by atoms with Crippen LogP contribution in [0.1, 0.15) is 44.9 Å². The average Bonchev–Trinajstić information content (AvgIpc) is 2.66. The van der Waals surface area contributed by atoms with Gasteiger partial charge >= 0.3 is 0 Å². The zero-order valence-electron chi connectivity index (χ0n) is 15.6. The van der Waals surface area contributed by atoms with Crippen LogP contribution < -0.4 is 9.64 Å². The molecule has 0 aromatic carbocycles. The van der Waals surface area contributed by atoms with Gasteiger partial charge in [0.15, 0.2) is 0 Å². The number of nitriles is 1. The monoisotopic (exact) mass is 351 g/mol. The highest BCUT2D eigenvalue weighted by Gasteiger charge is 2.21. The maximum atomic E-state index is 8.85. The van der Waals surface area contributed by atoms with Gasteiger partial charge in [0.2, 0.25) is 5.88 Å². The van der Waals surface area contributed by atoms with Crippen LogP contribution in [0.5, 0.6) is 5.88 Å². The van der Waals surface area contributed by atoms with Gasteiger partial charge in [-0.1, -0.05) is 20.8 Å². The summed E-state index contributed by atoms with van der Waals surface area (Å²) in [7, 11) is 0. The minimum Gasteiger partial charge on any atom is -0.476 e. The molecule has 3 heterocycles. The van der Waals surface area contributed by atoms with Crippen molar-refractivity contribution in [2.24, 2.45) is 5.92 Å². The smallest absolute Gasteiger partial charge is 0.233 e. The predicted molar refractivity (Wildman–Crippen MR) is 100 cm³/mol. The Labute approximate surface area is 154 Å². The Bertz CT molecular complexity index is 751. The number of anilines is 1. The normalized spacial score (nSPS) is 15.5. The van der Waals surface area contributed by atoms with Crippen LogP contribution in [0.2, 0.25) is 0 Å². The molecule has 0 amide bonds. The van der Waals surface area contributed by atoms with E-state index in [4.69, 9.17) is 10.00 Å². The van der Waals surface area contributed by atoms with Crippen molar-refractivity contribution in [3.8, 4) is 11.9 Å². The molecule has 1 fully saturated rings. The van der Waals surface area contributed by atoms with Crippen LogP contribution in [0.4, 0.5) is 5.82 Å². The van der Waals surface area contributed by atoms with Gasteiger partial charge in [0.1, 0.15) is 11.9 Å². The van der Waals surface area contributed by atoms with Crippen molar-refractivity contribution in [3.05, 3.63) is 41.7 Å². The van der Waals surface area contributed by atoms with Crippen LogP contribution in [-0.4, -0.2) is 34.9 Å². The maximum absolute atomic E-state index is 8.85. The minimum atomic E-state index is -0.00215. The van der Waals surface area contributed by atoms with E-state index in [0.29, 0.717) is 24.0 Å². The Morgan fingerprint density at radius 1 is 1.15 bits per heavy atom. The van der Waals surface area contributed by atoms with E-state index in [0.717, 1.165) is 37.4 Å². The van der Waals surface area contributed by atoms with Crippen LogP contribution in [-0.2, 0) is 5.41 Å². The van der Waals surface area contributed by atoms with Gasteiger partial charge in [-0.05, 0) is 37.0 Å². The van der Waals surface area contributed by atoms with Gasteiger partial charge in [-0.25, -0.2) is 4.98 Å². The average molecular weight is 351 g/mol. The van der Waals surface area contributed by atoms with Crippen LogP contribution in [0.3, 0.4) is 0 Å². The van der Waals surface area contributed by atoms with E-state index >= 15 is 0 Å². The lowest BCUT2D eigenvalue weighted by molar-refractivity contribution is 0.213. The van der Waals surface area contributed by atoms with E-state index in [2.05, 4.69) is 46.9 Å². The van der Waals surface area contributed by atoms with E-state index in [9.17, 15) is 0 Å². The first-order chi connectivity index (χ1) is 12.5. The topological polar surface area (TPSA) is 74.9 Å². The summed E-state index contributed by atoms with van der Waals surface area (Å²) in [6, 6.07) is 9.73. The van der Waals surface area contributed by atoms with Gasteiger partial charge in [0, 0.05) is 30.8 Å². The molecule has 136 valence electrons. The Balaban J connectivity index is 1.47. The maximum Gasteiger partial charge on any atom is 0.233 e. The summed E-state index contributed by atoms with van der Waals surface area (Å²) in [5.74, 6) is 2.04. The number of aromatic nitrogens is 3. The molecule has 0 saturated carbocycles. The first-order valence-electron chi connectivity index (χ1n) is 9.04. The van der Waals surface area contributed by atoms with E-state index in [1.807, 2.05) is 24.3 Å². The van der Waals surface area contributed by atoms with Crippen molar-refractivity contribution in [2.75, 3.05) is 24.6 Å². The Morgan fingerprint density at radius 2 is 1.92 bits per heavy atom. The van der Waals surface area contributed by atoms with Gasteiger partial charge in [-0.15, -0.1) is 5.10 Å². The number of hydrogen-bond donors (Lipinski definition) is 0. The van der Waals surface area contributed by atoms with Crippen molar-refractivity contribution >= 4 is 5.82 Å². The summed E-state index contributed by atoms with van der Waals surface area (Å²) in [4.78, 5) is 6.63. The first kappa shape index (κ1) is 18.1. The Kier molecular flexibility index (Phi) is 5.36. The Hall–Kier alpha value is -2.68. The van der Waals surface area contributed by atoms with Gasteiger partial charge in [-0.2, -0.15) is 10.4 Å². The SMILES string of the molecule is CC(C)(C)c1ccc(OCC2CCN(c3ccc(C#N)cn3)CC2)nn1. The molecule has 0 N–H and O–H groups in total. The van der Waals surface area contributed by atoms with Crippen LogP contribution >= 0.6 is 0 Å². The zero-order chi connectivity index (χ0) is 18.6. The van der Waals surface area contributed by atoms with Crippen molar-refractivity contribution in [1.29, 1.82) is 5.26 Å². The Morgan fingerprint density at radius 3 is 2.46 bits per heavy atom. The number of pyridine rings is 1. The molecular formula is C20H25N5O. The highest BCUT2D eigenvalue weighted by atomic mass is 16.5. The van der Waals surface area contributed by atoms with Crippen molar-refractivity contribution < 1.29 is 4.74 Å². The highest BCUT2D eigenvalue weighted by molar-refractivity contribution is 5.42. The molecule has 1 saturated heterocycles. The molecule has 3 rings (SSSR count). The molecule has 0 spiro atoms. The van der Waals surface area contributed by atoms with Crippen LogP contribution in [0, 0.1) is 17.2 Å². The van der Waals surface area contributed by atoms with E-state index in [-0.39, 0.29) is 5.41 Å². The third-order valence-corrected chi connectivity index (χ3v) is 4.69. The highest BCUT2D eigenvalue weighted by Crippen LogP contribution is 2.23. The molecule has 0 unspecified atom stereocenters. The molecule has 6 heteroatoms. The third-order valence-electron chi connectivity index (χ3n) is 4.69. The molecule has 0 bridgehead atoms. The fraction of sp³-hybridized carbons (Fsp3) is 0.500. The predicted octanol–water partition coefficient (Wildman–Crippen LogP) is 3.34. The number of piperidine rings is 1. The molecule has 0 atom stereocenters. The largest absolute Gasteiger partial charge is 0.476 e. The minimum absolute atomic E-state index is 0.00215. The number of rotatable bonds is 4. The van der Waals surface area contributed by atoms with Gasteiger partial charge in [0.05, 0.1) is 17.9 Å². The molecule has 2 aromatic heterocycles. The second-order valence-electron chi connectivity index (χ2n) is 7.77. The van der Waals surface area contributed by atoms with E-state index in [1.165, 1.54) is 0 Å². The van der Waals surface area contributed by atoms with Crippen molar-refractivity contribution in [2.45, 2.75) is 39.0 Å². The van der Waals surface area contributed by atoms with Crippen LogP contribution in [0.25, 0.3) is 0 Å². The molecule has 1 aliphatic heterocycles. The standard InChI is InChI=1S/C20H25N5O/c1-20(2,3)17-5-7-19(24-23-17)26-14-15-8-10-25(11-9-15)18-6-4-16(12-21)13-22-18/h4-7,13,15H,8-11,14H2,1-3H3. The molecule has 1 aliphatic rings. The molecule has 0 aliphatic carbocycles. The summed E-state index contributed by atoms with van der Waals surface area (Å²) in [6.45, 7) is 8.91. The fourth-order valence-electron chi connectivity index (χ4n) is 2.97. The van der Waals surface area contributed by atoms with Gasteiger partial charge in [0.25, 0.3) is 0 Å². The molecule has 0 radical (unpaired) electrons. The number of nitrogens with zero attached hydrogens (tertiary/aromatic N) is 5. The number of ether oxygens (including phenoxy) is 1. The van der Waals surface area contributed by atoms with Gasteiger partial charge in [-0.3, -0.25) is 0 Å². The lowest BCUT2D eigenvalue weighted by atomic mass is 9.92. The molecule has 26 heavy (non-hydrogen) atoms. The summed E-state index contributed by atoms with van der Waals surface area (Å²) in [5.41, 5.74) is 1.56. The third kappa shape index (κ3) is 4.48. The molecule has 6 nitrogen and oxygen atoms in total. The van der Waals surface area contributed by atoms with E-state index in [1.54, 1.807) is 6.20 Å². The lowest BCUT2D eigenvalue weighted by Crippen LogP contribution is -2.36. The molecule has 2 aromatic rings. The molecular weight excluding hydrogens is 326 g/mol. The lowest BCUT2D eigenvalue weighted by Gasteiger charge is -2.32. The quantitative estimate of drug-likeness (QED) is 0.841. The van der Waals surface area contributed by atoms with E-state index < -0.39 is 0 Å². The second kappa shape index (κ2) is 7.69. The van der Waals surface area contributed by atoms with Crippen molar-refractivity contribution in [1.82, 2.24) is 15.2 Å². The second-order valence-corrected chi connectivity index (χ2v) is 7.77. The summed E-state index contributed by atoms with van der Waals surface area (Å²) in [5, 5.41) is 17.3. The summed E-state index contributed by atoms with van der Waals surface area (Å²) in [6.07, 6.45) is 3.73. The summed E-state index contributed by atoms with van der Waals surface area (Å²) < 4.78 is 5.84. The zero-order valence-corrected chi connectivity index (χ0v) is 15.6. The fourth-order valence-corrected chi connectivity index (χ4v) is 2.97. The van der Waals surface area contributed by atoms with Crippen molar-refractivity contribution in [3.63, 3.8) is 0 Å². The summed E-state index contributed by atoms with van der Waals surface area (Å²) >= 11 is 0. The van der Waals surface area contributed by atoms with Crippen LogP contribution in [0.15, 0.2) is 30.5 Å².